The molecule has 202 valence electrons. The number of hydrogen-bond acceptors (Lipinski definition) is 7. The highest BCUT2D eigenvalue weighted by Gasteiger charge is 2.24. The second kappa shape index (κ2) is 15.2. The molecule has 1 aromatic carbocycles. The van der Waals surface area contributed by atoms with Crippen LogP contribution in [0.2, 0.25) is 0 Å². The van der Waals surface area contributed by atoms with Crippen molar-refractivity contribution in [2.24, 2.45) is 11.3 Å². The number of nitrogens with one attached hydrogen (secondary N) is 2. The van der Waals surface area contributed by atoms with Crippen LogP contribution in [0.25, 0.3) is 0 Å². The minimum Gasteiger partial charge on any atom is -0.467 e. The molecule has 0 radical (unpaired) electrons. The van der Waals surface area contributed by atoms with Gasteiger partial charge in [0.15, 0.2) is 0 Å². The Morgan fingerprint density at radius 1 is 1.00 bits per heavy atom. The Balaban J connectivity index is 2.54. The molecule has 0 saturated carbocycles. The molecule has 1 rings (SSSR count). The lowest BCUT2D eigenvalue weighted by atomic mass is 9.89. The van der Waals surface area contributed by atoms with Crippen LogP contribution in [0.4, 0.5) is 0 Å². The molecule has 2 N–H and O–H groups in total. The van der Waals surface area contributed by atoms with E-state index in [2.05, 4.69) is 24.5 Å². The zero-order valence-corrected chi connectivity index (χ0v) is 22.6. The van der Waals surface area contributed by atoms with Crippen molar-refractivity contribution in [2.75, 3.05) is 26.9 Å². The molecule has 2 amide bonds. The summed E-state index contributed by atoms with van der Waals surface area (Å²) in [6.07, 6.45) is 1.22. The molecule has 0 aliphatic heterocycles. The molecule has 0 bridgehead atoms. The average Bonchev–Trinajstić information content (AvgIpc) is 2.77. The van der Waals surface area contributed by atoms with Gasteiger partial charge in [-0.2, -0.15) is 0 Å². The van der Waals surface area contributed by atoms with Crippen LogP contribution in [0.1, 0.15) is 72.3 Å². The van der Waals surface area contributed by atoms with E-state index in [-0.39, 0.29) is 49.2 Å². The van der Waals surface area contributed by atoms with E-state index in [1.165, 1.54) is 14.0 Å². The highest BCUT2D eigenvalue weighted by molar-refractivity contribution is 5.85. The molecular formula is C27H42N2O7. The standard InChI is InChI=1S/C27H42N2O7/c1-18(2)16-22(20-8-10-21(11-9-20)36-19(3)30)25(32)28-13-15-35-14-12-23(26(33)34-7)29-24(31)17-27(4,5)6/h8-11,18,22-23H,12-17H2,1-7H3,(H,28,32)(H,29,31)/t22-,23+/m1/s1. The van der Waals surface area contributed by atoms with Gasteiger partial charge in [0.1, 0.15) is 11.8 Å². The van der Waals surface area contributed by atoms with E-state index in [9.17, 15) is 19.2 Å². The maximum absolute atomic E-state index is 12.9. The van der Waals surface area contributed by atoms with Gasteiger partial charge in [0, 0.05) is 32.9 Å². The van der Waals surface area contributed by atoms with Gasteiger partial charge in [-0.1, -0.05) is 46.8 Å². The molecule has 0 saturated heterocycles. The lowest BCUT2D eigenvalue weighted by Crippen LogP contribution is -2.43. The minimum absolute atomic E-state index is 0.116. The summed E-state index contributed by atoms with van der Waals surface area (Å²) in [4.78, 5) is 48.2. The quantitative estimate of drug-likeness (QED) is 0.226. The third-order valence-corrected chi connectivity index (χ3v) is 5.18. The molecule has 0 spiro atoms. The third kappa shape index (κ3) is 12.7. The number of benzene rings is 1. The van der Waals surface area contributed by atoms with Gasteiger partial charge in [-0.3, -0.25) is 14.4 Å². The first-order chi connectivity index (χ1) is 16.8. The topological polar surface area (TPSA) is 120 Å². The molecule has 9 heteroatoms. The molecule has 0 aromatic heterocycles. The zero-order chi connectivity index (χ0) is 27.3. The van der Waals surface area contributed by atoms with Gasteiger partial charge in [0.2, 0.25) is 11.8 Å². The van der Waals surface area contributed by atoms with Gasteiger partial charge < -0.3 is 24.8 Å². The van der Waals surface area contributed by atoms with Crippen LogP contribution in [0.3, 0.4) is 0 Å². The lowest BCUT2D eigenvalue weighted by Gasteiger charge is -2.21. The second-order valence-electron chi connectivity index (χ2n) is 10.4. The summed E-state index contributed by atoms with van der Waals surface area (Å²) in [5.74, 6) is -0.873. The number of amides is 2. The summed E-state index contributed by atoms with van der Waals surface area (Å²) >= 11 is 0. The van der Waals surface area contributed by atoms with E-state index in [4.69, 9.17) is 14.2 Å². The number of rotatable bonds is 14. The number of carbonyl (C=O) groups excluding carboxylic acids is 4. The fraction of sp³-hybridized carbons (Fsp3) is 0.630. The first-order valence-electron chi connectivity index (χ1n) is 12.3. The third-order valence-electron chi connectivity index (χ3n) is 5.18. The van der Waals surface area contributed by atoms with Crippen LogP contribution in [0.15, 0.2) is 24.3 Å². The van der Waals surface area contributed by atoms with Crippen LogP contribution in [-0.2, 0) is 28.7 Å². The fourth-order valence-corrected chi connectivity index (χ4v) is 3.59. The van der Waals surface area contributed by atoms with Crippen molar-refractivity contribution in [3.05, 3.63) is 29.8 Å². The maximum atomic E-state index is 12.9. The predicted molar refractivity (Wildman–Crippen MR) is 136 cm³/mol. The maximum Gasteiger partial charge on any atom is 0.328 e. The summed E-state index contributed by atoms with van der Waals surface area (Å²) in [5.41, 5.74) is 0.641. The van der Waals surface area contributed by atoms with Crippen molar-refractivity contribution in [1.82, 2.24) is 10.6 Å². The molecule has 0 fully saturated rings. The summed E-state index contributed by atoms with van der Waals surface area (Å²) in [5, 5.41) is 5.61. The Morgan fingerprint density at radius 3 is 2.17 bits per heavy atom. The Bertz CT molecular complexity index is 860. The molecular weight excluding hydrogens is 464 g/mol. The fourth-order valence-electron chi connectivity index (χ4n) is 3.59. The molecule has 0 aliphatic rings. The van der Waals surface area contributed by atoms with Crippen molar-refractivity contribution in [3.63, 3.8) is 0 Å². The first kappa shape index (κ1) is 31.1. The van der Waals surface area contributed by atoms with Crippen molar-refractivity contribution in [1.29, 1.82) is 0 Å². The average molecular weight is 507 g/mol. The normalized spacial score (nSPS) is 13.0. The monoisotopic (exact) mass is 506 g/mol. The van der Waals surface area contributed by atoms with E-state index in [1.807, 2.05) is 20.8 Å². The summed E-state index contributed by atoms with van der Waals surface area (Å²) in [6, 6.07) is 6.16. The Kier molecular flexibility index (Phi) is 13.2. The van der Waals surface area contributed by atoms with Crippen LogP contribution < -0.4 is 15.4 Å². The number of ether oxygens (including phenoxy) is 3. The summed E-state index contributed by atoms with van der Waals surface area (Å²) in [6.45, 7) is 12.1. The predicted octanol–water partition coefficient (Wildman–Crippen LogP) is 3.36. The van der Waals surface area contributed by atoms with Gasteiger partial charge >= 0.3 is 11.9 Å². The van der Waals surface area contributed by atoms with E-state index < -0.39 is 18.0 Å². The minimum atomic E-state index is -0.787. The Labute approximate surface area is 214 Å². The molecule has 2 atom stereocenters. The second-order valence-corrected chi connectivity index (χ2v) is 10.4. The number of methoxy groups -OCH3 is 1. The van der Waals surface area contributed by atoms with Gasteiger partial charge in [-0.25, -0.2) is 4.79 Å². The molecule has 0 heterocycles. The molecule has 0 unspecified atom stereocenters. The Morgan fingerprint density at radius 2 is 1.64 bits per heavy atom. The van der Waals surface area contributed by atoms with Crippen molar-refractivity contribution < 1.29 is 33.4 Å². The highest BCUT2D eigenvalue weighted by atomic mass is 16.5. The van der Waals surface area contributed by atoms with E-state index >= 15 is 0 Å². The van der Waals surface area contributed by atoms with Gasteiger partial charge in [-0.05, 0) is 35.4 Å². The first-order valence-corrected chi connectivity index (χ1v) is 12.3. The molecule has 36 heavy (non-hydrogen) atoms. The zero-order valence-electron chi connectivity index (χ0n) is 22.6. The van der Waals surface area contributed by atoms with Crippen LogP contribution in [0.5, 0.6) is 5.75 Å². The molecule has 1 aromatic rings. The SMILES string of the molecule is COC(=O)[C@H](CCOCCNC(=O)[C@H](CC(C)C)c1ccc(OC(C)=O)cc1)NC(=O)CC(C)(C)C. The van der Waals surface area contributed by atoms with E-state index in [1.54, 1.807) is 24.3 Å². The Hall–Kier alpha value is -2.94. The van der Waals surface area contributed by atoms with Gasteiger partial charge in [-0.15, -0.1) is 0 Å². The smallest absolute Gasteiger partial charge is 0.328 e. The summed E-state index contributed by atoms with van der Waals surface area (Å²) in [7, 11) is 1.28. The van der Waals surface area contributed by atoms with Gasteiger partial charge in [0.25, 0.3) is 0 Å². The van der Waals surface area contributed by atoms with Crippen LogP contribution in [0, 0.1) is 11.3 Å². The van der Waals surface area contributed by atoms with Crippen molar-refractivity contribution >= 4 is 23.8 Å². The molecule has 9 nitrogen and oxygen atoms in total. The summed E-state index contributed by atoms with van der Waals surface area (Å²) < 4.78 is 15.4. The number of carbonyl (C=O) groups is 4. The van der Waals surface area contributed by atoms with E-state index in [0.29, 0.717) is 24.6 Å². The van der Waals surface area contributed by atoms with Crippen LogP contribution in [-0.4, -0.2) is 56.7 Å². The largest absolute Gasteiger partial charge is 0.467 e. The number of esters is 2. The van der Waals surface area contributed by atoms with Crippen LogP contribution >= 0.6 is 0 Å². The lowest BCUT2D eigenvalue weighted by molar-refractivity contribution is -0.145. The van der Waals surface area contributed by atoms with Crippen molar-refractivity contribution in [2.45, 2.75) is 72.8 Å². The van der Waals surface area contributed by atoms with E-state index in [0.717, 1.165) is 5.56 Å². The highest BCUT2D eigenvalue weighted by Crippen LogP contribution is 2.26. The van der Waals surface area contributed by atoms with Crippen molar-refractivity contribution in [3.8, 4) is 5.75 Å². The molecule has 0 aliphatic carbocycles. The number of hydrogen-bond donors (Lipinski definition) is 2. The van der Waals surface area contributed by atoms with Gasteiger partial charge in [0.05, 0.1) is 19.6 Å².